The first kappa shape index (κ1) is 38.6. The minimum atomic E-state index is -2.38. The molecule has 3 aliphatic rings. The summed E-state index contributed by atoms with van der Waals surface area (Å²) in [5.74, 6) is 0. The highest BCUT2D eigenvalue weighted by atomic mass is 15.2. The smallest absolute Gasteiger partial charge is 0.252 e. The molecule has 64 heavy (non-hydrogen) atoms. The Balaban J connectivity index is 1.38. The molecule has 0 amide bonds. The van der Waals surface area contributed by atoms with Gasteiger partial charge in [0.1, 0.15) is 0 Å². The van der Waals surface area contributed by atoms with Crippen molar-refractivity contribution in [1.82, 2.24) is 0 Å². The lowest BCUT2D eigenvalue weighted by Crippen LogP contribution is -2.62. The van der Waals surface area contributed by atoms with Crippen molar-refractivity contribution in [3.63, 3.8) is 0 Å². The maximum Gasteiger partial charge on any atom is 0.252 e. The van der Waals surface area contributed by atoms with Crippen LogP contribution in [0.15, 0.2) is 140 Å². The van der Waals surface area contributed by atoms with E-state index in [2.05, 4.69) is 227 Å². The summed E-state index contributed by atoms with van der Waals surface area (Å²) in [5.41, 5.74) is 20.3. The monoisotopic (exact) mass is 840 g/mol. The van der Waals surface area contributed by atoms with Crippen molar-refractivity contribution in [2.75, 3.05) is 9.80 Å². The molecule has 2 nitrogen and oxygen atoms in total. The van der Waals surface area contributed by atoms with Crippen LogP contribution in [0.25, 0.3) is 11.1 Å². The number of aryl methyl sites for hydroxylation is 1. The third-order valence-corrected chi connectivity index (χ3v) is 14.9. The van der Waals surface area contributed by atoms with Crippen LogP contribution in [-0.4, -0.2) is 6.71 Å². The lowest BCUT2D eigenvalue weighted by atomic mass is 9.33. The lowest BCUT2D eigenvalue weighted by Gasteiger charge is -2.48. The van der Waals surface area contributed by atoms with Crippen LogP contribution >= 0.6 is 0 Å². The lowest BCUT2D eigenvalue weighted by molar-refractivity contribution is 0.521. The van der Waals surface area contributed by atoms with Gasteiger partial charge in [0.15, 0.2) is 0 Å². The van der Waals surface area contributed by atoms with Crippen LogP contribution in [0.4, 0.5) is 34.1 Å². The van der Waals surface area contributed by atoms with Gasteiger partial charge >= 0.3 is 0 Å². The van der Waals surface area contributed by atoms with Gasteiger partial charge in [-0.05, 0) is 138 Å². The Hall–Kier alpha value is -5.80. The van der Waals surface area contributed by atoms with Gasteiger partial charge in [-0.2, -0.15) is 0 Å². The maximum absolute atomic E-state index is 9.11. The minimum absolute atomic E-state index is 0.0312. The van der Waals surface area contributed by atoms with E-state index in [0.717, 1.165) is 50.7 Å². The van der Waals surface area contributed by atoms with E-state index >= 15 is 0 Å². The average molecular weight is 840 g/mol. The number of hydrogen-bond donors (Lipinski definition) is 0. The number of nitrogens with zero attached hydrogens (tertiary/aromatic N) is 2. The summed E-state index contributed by atoms with van der Waals surface area (Å²) in [7, 11) is 0. The fourth-order valence-corrected chi connectivity index (χ4v) is 11.1. The normalized spacial score (nSPS) is 16.7. The number of benzene rings is 7. The molecule has 2 heterocycles. The van der Waals surface area contributed by atoms with Crippen molar-refractivity contribution >= 4 is 57.2 Å². The summed E-state index contributed by atoms with van der Waals surface area (Å²) in [4.78, 5) is 4.79. The number of hydrogen-bond acceptors (Lipinski definition) is 2. The Kier molecular flexibility index (Phi) is 8.51. The largest absolute Gasteiger partial charge is 0.311 e. The molecule has 0 bridgehead atoms. The Morgan fingerprint density at radius 2 is 0.938 bits per heavy atom. The topological polar surface area (TPSA) is 6.48 Å². The summed E-state index contributed by atoms with van der Waals surface area (Å²) in [6, 6.07) is 51.6. The Bertz CT molecular complexity index is 3120. The van der Waals surface area contributed by atoms with E-state index in [1.165, 1.54) is 49.9 Å². The molecule has 0 radical (unpaired) electrons. The van der Waals surface area contributed by atoms with Crippen molar-refractivity contribution in [1.29, 1.82) is 0 Å². The van der Waals surface area contributed by atoms with E-state index in [1.54, 1.807) is 0 Å². The van der Waals surface area contributed by atoms with Gasteiger partial charge in [-0.15, -0.1) is 0 Å². The number of fused-ring (bicyclic) bond motifs is 6. The molecule has 0 saturated carbocycles. The molecule has 0 spiro atoms. The Labute approximate surface area is 388 Å². The summed E-state index contributed by atoms with van der Waals surface area (Å²) in [5, 5.41) is 0. The molecule has 322 valence electrons. The predicted molar refractivity (Wildman–Crippen MR) is 277 cm³/mol. The SMILES string of the molecule is [2H]C([2H])([2H])c1cc2c3c(c1)N(c1ccc(C(C)(C)C)cc1-c1ccccc1)c1cc4c(cc1B3c1cc(C(C)(C)C)ccc1N2c1ccc(C(C)(C)C)cc1)C(C)(C)c1ccccc1C4(C)C. The summed E-state index contributed by atoms with van der Waals surface area (Å²) >= 11 is 0. The fourth-order valence-electron chi connectivity index (χ4n) is 11.1. The van der Waals surface area contributed by atoms with Gasteiger partial charge in [0.25, 0.3) is 6.71 Å². The first-order valence-corrected chi connectivity index (χ1v) is 23.3. The van der Waals surface area contributed by atoms with Crippen LogP contribution in [0.5, 0.6) is 0 Å². The summed E-state index contributed by atoms with van der Waals surface area (Å²) in [6.45, 7) is 27.4. The second kappa shape index (κ2) is 14.1. The van der Waals surface area contributed by atoms with Crippen molar-refractivity contribution in [2.45, 2.75) is 124 Å². The Morgan fingerprint density at radius 1 is 0.438 bits per heavy atom. The van der Waals surface area contributed by atoms with E-state index in [4.69, 9.17) is 4.11 Å². The molecular formula is C61H65BN2. The average Bonchev–Trinajstić information content (AvgIpc) is 3.26. The maximum atomic E-state index is 9.11. The first-order valence-electron chi connectivity index (χ1n) is 24.8. The van der Waals surface area contributed by atoms with Gasteiger partial charge in [0.05, 0.1) is 5.69 Å². The van der Waals surface area contributed by atoms with Crippen LogP contribution in [0.3, 0.4) is 0 Å². The van der Waals surface area contributed by atoms with E-state index in [9.17, 15) is 0 Å². The van der Waals surface area contributed by atoms with Gasteiger partial charge < -0.3 is 9.80 Å². The highest BCUT2D eigenvalue weighted by molar-refractivity contribution is 7.00. The molecule has 7 aromatic carbocycles. The quantitative estimate of drug-likeness (QED) is 0.164. The molecule has 3 heteroatoms. The zero-order valence-corrected chi connectivity index (χ0v) is 40.3. The van der Waals surface area contributed by atoms with Crippen molar-refractivity contribution in [3.8, 4) is 11.1 Å². The van der Waals surface area contributed by atoms with Gasteiger partial charge in [-0.3, -0.25) is 0 Å². The van der Waals surface area contributed by atoms with Crippen LogP contribution in [-0.2, 0) is 27.1 Å². The fraction of sp³-hybridized carbons (Fsp3) is 0.311. The molecule has 0 atom stereocenters. The van der Waals surface area contributed by atoms with Gasteiger partial charge in [-0.25, -0.2) is 0 Å². The minimum Gasteiger partial charge on any atom is -0.311 e. The molecule has 0 saturated heterocycles. The number of anilines is 6. The molecule has 2 aliphatic heterocycles. The van der Waals surface area contributed by atoms with E-state index in [1.807, 2.05) is 12.1 Å². The van der Waals surface area contributed by atoms with Gasteiger partial charge in [0, 0.05) is 48.9 Å². The second-order valence-electron chi connectivity index (χ2n) is 23.0. The van der Waals surface area contributed by atoms with Crippen LogP contribution in [0, 0.1) is 6.85 Å². The van der Waals surface area contributed by atoms with Crippen LogP contribution in [0.2, 0.25) is 0 Å². The molecule has 7 aromatic rings. The first-order chi connectivity index (χ1) is 31.3. The van der Waals surface area contributed by atoms with Crippen LogP contribution < -0.4 is 26.2 Å². The zero-order valence-electron chi connectivity index (χ0n) is 43.3. The van der Waals surface area contributed by atoms with E-state index in [-0.39, 0.29) is 33.8 Å². The highest BCUT2D eigenvalue weighted by Crippen LogP contribution is 2.54. The molecule has 0 N–H and O–H groups in total. The predicted octanol–water partition coefficient (Wildman–Crippen LogP) is 14.6. The molecule has 0 fully saturated rings. The molecule has 0 aromatic heterocycles. The Morgan fingerprint density at radius 3 is 1.52 bits per heavy atom. The van der Waals surface area contributed by atoms with Crippen molar-refractivity contribution < 1.29 is 4.11 Å². The van der Waals surface area contributed by atoms with Gasteiger partial charge in [0.2, 0.25) is 0 Å². The highest BCUT2D eigenvalue weighted by Gasteiger charge is 2.48. The standard InChI is InChI=1S/C61H65BN2/c1-38-32-54-56-55(33-38)64(51-30-26-41(58(5,6)7)34-44(51)39-20-16-15-17-21-39)53-37-48-47(60(11,12)45-22-18-19-23-46(45)61(48,13)14)36-50(53)62(56)49-35-42(59(8,9)10)27-31-52(49)63(54)43-28-24-40(25-29-43)57(2,3)4/h15-37H,1-14H3/i1D3. The third-order valence-electron chi connectivity index (χ3n) is 14.9. The zero-order chi connectivity index (χ0) is 48.0. The van der Waals surface area contributed by atoms with E-state index < -0.39 is 6.85 Å². The van der Waals surface area contributed by atoms with Gasteiger partial charge in [-0.1, -0.05) is 181 Å². The molecular weight excluding hydrogens is 771 g/mol. The number of rotatable bonds is 3. The van der Waals surface area contributed by atoms with Crippen LogP contribution in [0.1, 0.15) is 139 Å². The summed E-state index contributed by atoms with van der Waals surface area (Å²) in [6.07, 6.45) is 0. The van der Waals surface area contributed by atoms with Crippen molar-refractivity contribution in [2.24, 2.45) is 0 Å². The molecule has 0 unspecified atom stereocenters. The van der Waals surface area contributed by atoms with Crippen molar-refractivity contribution in [3.05, 3.63) is 184 Å². The summed E-state index contributed by atoms with van der Waals surface area (Å²) < 4.78 is 27.3. The third kappa shape index (κ3) is 6.43. The second-order valence-corrected chi connectivity index (χ2v) is 23.0. The van der Waals surface area contributed by atoms with E-state index in [0.29, 0.717) is 5.56 Å². The molecule has 1 aliphatic carbocycles. The molecule has 10 rings (SSSR count).